The summed E-state index contributed by atoms with van der Waals surface area (Å²) in [5.74, 6) is 0.839. The van der Waals surface area contributed by atoms with Crippen LogP contribution in [0.3, 0.4) is 0 Å². The monoisotopic (exact) mass is 459 g/mol. The molecular formula is C18H13Cl4N3OS. The van der Waals surface area contributed by atoms with Gasteiger partial charge in [-0.1, -0.05) is 77.7 Å². The van der Waals surface area contributed by atoms with Crippen molar-refractivity contribution in [2.45, 2.75) is 19.8 Å². The second kappa shape index (κ2) is 6.75. The van der Waals surface area contributed by atoms with Gasteiger partial charge in [-0.05, 0) is 35.6 Å². The van der Waals surface area contributed by atoms with Gasteiger partial charge in [0.1, 0.15) is 4.49 Å². The van der Waals surface area contributed by atoms with Crippen LogP contribution in [0.25, 0.3) is 11.0 Å². The van der Waals surface area contributed by atoms with Crippen LogP contribution in [0.5, 0.6) is 0 Å². The maximum absolute atomic E-state index is 12.7. The minimum atomic E-state index is -0.245. The summed E-state index contributed by atoms with van der Waals surface area (Å²) in [6.07, 6.45) is 3.48. The van der Waals surface area contributed by atoms with Crippen LogP contribution in [0.2, 0.25) is 10.0 Å². The Kier molecular flexibility index (Phi) is 4.80. The van der Waals surface area contributed by atoms with E-state index in [1.54, 1.807) is 30.4 Å². The zero-order chi connectivity index (χ0) is 19.5. The lowest BCUT2D eigenvalue weighted by atomic mass is 10.1. The molecule has 2 atom stereocenters. The molecule has 1 aliphatic carbocycles. The Morgan fingerprint density at radius 3 is 2.52 bits per heavy atom. The fourth-order valence-electron chi connectivity index (χ4n) is 3.38. The molecule has 27 heavy (non-hydrogen) atoms. The summed E-state index contributed by atoms with van der Waals surface area (Å²) in [6, 6.07) is 5.21. The van der Waals surface area contributed by atoms with Gasteiger partial charge in [-0.2, -0.15) is 4.52 Å². The van der Waals surface area contributed by atoms with Crippen LogP contribution in [0.1, 0.15) is 31.2 Å². The summed E-state index contributed by atoms with van der Waals surface area (Å²) in [7, 11) is 0. The summed E-state index contributed by atoms with van der Waals surface area (Å²) >= 11 is 25.2. The second-order valence-electron chi connectivity index (χ2n) is 7.00. The van der Waals surface area contributed by atoms with Gasteiger partial charge in [0.15, 0.2) is 5.82 Å². The Morgan fingerprint density at radius 1 is 1.26 bits per heavy atom. The van der Waals surface area contributed by atoms with E-state index in [2.05, 4.69) is 23.9 Å². The number of nitrogens with zero attached hydrogens (tertiary/aromatic N) is 3. The molecule has 9 heteroatoms. The highest BCUT2D eigenvalue weighted by Gasteiger charge is 2.59. The molecular weight excluding hydrogens is 448 g/mol. The van der Waals surface area contributed by atoms with Crippen molar-refractivity contribution in [3.63, 3.8) is 0 Å². The zero-order valence-corrected chi connectivity index (χ0v) is 18.1. The molecule has 3 aromatic rings. The van der Waals surface area contributed by atoms with E-state index < -0.39 is 0 Å². The largest absolute Gasteiger partial charge is 0.291 e. The first kappa shape index (κ1) is 19.2. The quantitative estimate of drug-likeness (QED) is 0.548. The molecule has 4 rings (SSSR count). The van der Waals surface area contributed by atoms with Crippen molar-refractivity contribution in [1.29, 1.82) is 0 Å². The van der Waals surface area contributed by atoms with Crippen molar-refractivity contribution in [2.24, 2.45) is 11.3 Å². The van der Waals surface area contributed by atoms with Crippen molar-refractivity contribution in [2.75, 3.05) is 0 Å². The molecule has 1 aliphatic rings. The predicted molar refractivity (Wildman–Crippen MR) is 112 cm³/mol. The van der Waals surface area contributed by atoms with E-state index in [-0.39, 0.29) is 27.3 Å². The van der Waals surface area contributed by atoms with Gasteiger partial charge < -0.3 is 0 Å². The van der Waals surface area contributed by atoms with Gasteiger partial charge in [-0.3, -0.25) is 4.79 Å². The van der Waals surface area contributed by atoms with Crippen LogP contribution in [0.15, 0.2) is 33.6 Å². The summed E-state index contributed by atoms with van der Waals surface area (Å²) in [5.41, 5.74) is 0.299. The van der Waals surface area contributed by atoms with Gasteiger partial charge >= 0.3 is 0 Å². The van der Waals surface area contributed by atoms with E-state index in [0.29, 0.717) is 30.9 Å². The lowest BCUT2D eigenvalue weighted by Gasteiger charge is -1.99. The minimum absolute atomic E-state index is 0.0604. The van der Waals surface area contributed by atoms with Crippen molar-refractivity contribution >= 4 is 68.8 Å². The van der Waals surface area contributed by atoms with Crippen molar-refractivity contribution in [3.05, 3.63) is 65.1 Å². The topological polar surface area (TPSA) is 47.3 Å². The van der Waals surface area contributed by atoms with Gasteiger partial charge in [0.05, 0.1) is 4.53 Å². The summed E-state index contributed by atoms with van der Waals surface area (Å²) in [6.45, 7) is 4.20. The first-order valence-electron chi connectivity index (χ1n) is 8.08. The molecule has 4 nitrogen and oxygen atoms in total. The molecule has 1 saturated carbocycles. The molecule has 2 heterocycles. The van der Waals surface area contributed by atoms with Crippen LogP contribution in [0, 0.1) is 11.3 Å². The molecule has 0 unspecified atom stereocenters. The molecule has 2 aromatic heterocycles. The Labute approximate surface area is 179 Å². The Bertz CT molecular complexity index is 1170. The van der Waals surface area contributed by atoms with Crippen LogP contribution < -0.4 is 10.1 Å². The summed E-state index contributed by atoms with van der Waals surface area (Å²) in [4.78, 5) is 17.8. The maximum atomic E-state index is 12.7. The van der Waals surface area contributed by atoms with Gasteiger partial charge in [-0.25, -0.2) is 4.98 Å². The number of hydrogen-bond donors (Lipinski definition) is 0. The smallest absolute Gasteiger partial charge is 0.266 e. The molecule has 0 radical (unpaired) electrons. The molecule has 0 amide bonds. The standard InChI is InChI=1S/C18H13Cl4N3OS/c1-18(2)9(7-13(21)22)14(18)15-23-17-25(24-15)16(26)12(27-17)6-8-10(19)4-3-5-11(8)20/h3-7,9,14H,1-2H3/b12-6-/t9-,14+/m1/s1. The number of rotatable bonds is 3. The molecule has 0 saturated heterocycles. The van der Waals surface area contributed by atoms with E-state index >= 15 is 0 Å². The van der Waals surface area contributed by atoms with E-state index in [9.17, 15) is 4.79 Å². The fourth-order valence-corrected chi connectivity index (χ4v) is 5.05. The number of hydrogen-bond acceptors (Lipinski definition) is 4. The third-order valence-corrected chi connectivity index (χ3v) is 6.84. The van der Waals surface area contributed by atoms with Gasteiger partial charge in [0, 0.05) is 21.5 Å². The molecule has 1 aromatic carbocycles. The Hall–Kier alpha value is -1.11. The van der Waals surface area contributed by atoms with Crippen molar-refractivity contribution in [3.8, 4) is 0 Å². The molecule has 0 spiro atoms. The number of benzene rings is 1. The number of allylic oxidation sites excluding steroid dienone is 1. The maximum Gasteiger partial charge on any atom is 0.291 e. The molecule has 1 fully saturated rings. The van der Waals surface area contributed by atoms with E-state index in [1.807, 2.05) is 0 Å². The average Bonchev–Trinajstić information content (AvgIpc) is 2.86. The first-order chi connectivity index (χ1) is 12.7. The normalized spacial score (nSPS) is 21.6. The first-order valence-corrected chi connectivity index (χ1v) is 10.4. The molecule has 0 aliphatic heterocycles. The highest BCUT2D eigenvalue weighted by Crippen LogP contribution is 2.64. The van der Waals surface area contributed by atoms with Gasteiger partial charge in [0.25, 0.3) is 5.56 Å². The number of thiazole rings is 1. The minimum Gasteiger partial charge on any atom is -0.266 e. The fraction of sp³-hybridized carbons (Fsp3) is 0.278. The average molecular weight is 461 g/mol. The number of fused-ring (bicyclic) bond motifs is 1. The van der Waals surface area contributed by atoms with Crippen molar-refractivity contribution < 1.29 is 0 Å². The Balaban J connectivity index is 1.77. The van der Waals surface area contributed by atoms with E-state index in [1.165, 1.54) is 15.9 Å². The summed E-state index contributed by atoms with van der Waals surface area (Å²) < 4.78 is 2.03. The third-order valence-electron chi connectivity index (χ3n) is 4.97. The lowest BCUT2D eigenvalue weighted by Crippen LogP contribution is -2.24. The zero-order valence-electron chi connectivity index (χ0n) is 14.2. The predicted octanol–water partition coefficient (Wildman–Crippen LogP) is 5.06. The van der Waals surface area contributed by atoms with Crippen LogP contribution in [0.4, 0.5) is 0 Å². The van der Waals surface area contributed by atoms with E-state index in [4.69, 9.17) is 46.4 Å². The molecule has 0 bridgehead atoms. The Morgan fingerprint density at radius 2 is 1.93 bits per heavy atom. The molecule has 0 N–H and O–H groups in total. The van der Waals surface area contributed by atoms with Crippen LogP contribution in [-0.4, -0.2) is 14.6 Å². The molecule has 140 valence electrons. The highest BCUT2D eigenvalue weighted by atomic mass is 35.5. The number of halogens is 4. The SMILES string of the molecule is CC1(C)[C@H](C=C(Cl)Cl)[C@H]1c1nc2s/c(=C\c3c(Cl)cccc3Cl)c(=O)n2n1. The van der Waals surface area contributed by atoms with Crippen molar-refractivity contribution in [1.82, 2.24) is 14.6 Å². The second-order valence-corrected chi connectivity index (χ2v) is 9.83. The van der Waals surface area contributed by atoms with Crippen LogP contribution in [-0.2, 0) is 0 Å². The van der Waals surface area contributed by atoms with Gasteiger partial charge in [-0.15, -0.1) is 5.10 Å². The van der Waals surface area contributed by atoms with E-state index in [0.717, 1.165) is 0 Å². The van der Waals surface area contributed by atoms with Crippen LogP contribution >= 0.6 is 57.7 Å². The summed E-state index contributed by atoms with van der Waals surface area (Å²) in [5, 5.41) is 5.40. The third kappa shape index (κ3) is 3.30. The number of aromatic nitrogens is 3. The van der Waals surface area contributed by atoms with Gasteiger partial charge in [0.2, 0.25) is 4.96 Å². The lowest BCUT2D eigenvalue weighted by molar-refractivity contribution is 0.585. The highest BCUT2D eigenvalue weighted by molar-refractivity contribution is 7.15.